The zero-order valence-electron chi connectivity index (χ0n) is 38.7. The number of aromatic nitrogens is 6. The van der Waals surface area contributed by atoms with Gasteiger partial charge in [0.05, 0.1) is 34.0 Å². The summed E-state index contributed by atoms with van der Waals surface area (Å²) in [5.74, 6) is 0.541. The van der Waals surface area contributed by atoms with Crippen molar-refractivity contribution >= 4 is 33.2 Å². The van der Waals surface area contributed by atoms with E-state index >= 15 is 0 Å². The van der Waals surface area contributed by atoms with Crippen molar-refractivity contribution in [1.29, 1.82) is 0 Å². The lowest BCUT2D eigenvalue weighted by Gasteiger charge is -2.31. The number of non-ortho nitro benzene ring substituents is 2. The number of halogens is 6. The summed E-state index contributed by atoms with van der Waals surface area (Å²) < 4.78 is 93.6. The SMILES string of the molecule is O=[N+]([O-])c1ccc2c(C(O)(Cn3ccnc3-c3ccccc3)C(F)(F)F)cn(Cc3ccccc3)c2c1.O=[N+]([O-])c1ccc2c(C(O)(Cn3ccnc3-c3ccccc3)C(F)(F)F)cn(Cc3ccccc3)c2c1. The molecule has 2 unspecified atom stereocenters. The van der Waals surface area contributed by atoms with E-state index in [1.165, 1.54) is 79.7 Å². The Labute approximate surface area is 416 Å². The Kier molecular flexibility index (Phi) is 13.5. The first-order valence-corrected chi connectivity index (χ1v) is 22.7. The predicted molar refractivity (Wildman–Crippen MR) is 264 cm³/mol. The fourth-order valence-corrected chi connectivity index (χ4v) is 8.99. The molecule has 0 aliphatic carbocycles. The molecule has 0 bridgehead atoms. The number of nitro groups is 2. The van der Waals surface area contributed by atoms with Crippen molar-refractivity contribution in [3.63, 3.8) is 0 Å². The van der Waals surface area contributed by atoms with Crippen LogP contribution in [0.4, 0.5) is 37.7 Å². The van der Waals surface area contributed by atoms with E-state index in [4.69, 9.17) is 0 Å². The van der Waals surface area contributed by atoms with Crippen LogP contribution in [0.2, 0.25) is 0 Å². The number of aliphatic hydroxyl groups is 2. The Morgan fingerprint density at radius 3 is 1.14 bits per heavy atom. The highest BCUT2D eigenvalue weighted by Crippen LogP contribution is 2.47. The molecule has 4 aromatic heterocycles. The van der Waals surface area contributed by atoms with Crippen LogP contribution < -0.4 is 0 Å². The minimum Gasteiger partial charge on any atom is -0.375 e. The monoisotopic (exact) mass is 1010 g/mol. The van der Waals surface area contributed by atoms with E-state index in [1.807, 2.05) is 12.1 Å². The second-order valence-corrected chi connectivity index (χ2v) is 17.4. The van der Waals surface area contributed by atoms with Gasteiger partial charge in [0.1, 0.15) is 11.6 Å². The summed E-state index contributed by atoms with van der Waals surface area (Å²) in [4.78, 5) is 30.0. The van der Waals surface area contributed by atoms with Crippen molar-refractivity contribution in [1.82, 2.24) is 28.2 Å². The molecule has 10 aromatic rings. The lowest BCUT2D eigenvalue weighted by molar-refractivity contribution is -0.384. The first-order valence-electron chi connectivity index (χ1n) is 22.7. The number of fused-ring (bicyclic) bond motifs is 2. The fourth-order valence-electron chi connectivity index (χ4n) is 8.99. The summed E-state index contributed by atoms with van der Waals surface area (Å²) in [6.45, 7) is -1.40. The molecule has 0 radical (unpaired) electrons. The lowest BCUT2D eigenvalue weighted by atomic mass is 9.92. The summed E-state index contributed by atoms with van der Waals surface area (Å²) in [5, 5.41) is 45.8. The molecule has 4 heterocycles. The van der Waals surface area contributed by atoms with Crippen LogP contribution in [0.15, 0.2) is 195 Å². The van der Waals surface area contributed by atoms with Gasteiger partial charge in [0.25, 0.3) is 11.4 Å². The van der Waals surface area contributed by atoms with Crippen LogP contribution in [-0.4, -0.2) is 60.6 Å². The predicted octanol–water partition coefficient (Wildman–Crippen LogP) is 11.8. The maximum Gasteiger partial charge on any atom is 0.423 e. The molecule has 2 atom stereocenters. The molecule has 0 aliphatic heterocycles. The van der Waals surface area contributed by atoms with Gasteiger partial charge >= 0.3 is 12.4 Å². The Balaban J connectivity index is 0.000000182. The molecule has 14 nitrogen and oxygen atoms in total. The molecule has 10 rings (SSSR count). The Morgan fingerprint density at radius 2 is 0.811 bits per heavy atom. The van der Waals surface area contributed by atoms with Gasteiger partial charge in [0.2, 0.25) is 11.2 Å². The van der Waals surface area contributed by atoms with Crippen molar-refractivity contribution in [2.75, 3.05) is 0 Å². The van der Waals surface area contributed by atoms with Crippen LogP contribution in [0.25, 0.3) is 44.6 Å². The molecule has 2 N–H and O–H groups in total. The van der Waals surface area contributed by atoms with Crippen molar-refractivity contribution < 1.29 is 46.4 Å². The second kappa shape index (κ2) is 20.0. The summed E-state index contributed by atoms with van der Waals surface area (Å²) >= 11 is 0. The summed E-state index contributed by atoms with van der Waals surface area (Å²) in [6.07, 6.45) is -2.16. The number of benzene rings is 6. The van der Waals surface area contributed by atoms with Crippen molar-refractivity contribution in [2.24, 2.45) is 0 Å². The van der Waals surface area contributed by atoms with Crippen LogP contribution in [0, 0.1) is 20.2 Å². The highest BCUT2D eigenvalue weighted by molar-refractivity contribution is 5.88. The zero-order valence-corrected chi connectivity index (χ0v) is 38.7. The summed E-state index contributed by atoms with van der Waals surface area (Å²) in [6, 6.07) is 42.7. The van der Waals surface area contributed by atoms with E-state index in [0.717, 1.165) is 23.3 Å². The van der Waals surface area contributed by atoms with Gasteiger partial charge in [-0.1, -0.05) is 121 Å². The average molecular weight is 1010 g/mol. The zero-order chi connectivity index (χ0) is 52.4. The number of rotatable bonds is 14. The number of hydrogen-bond acceptors (Lipinski definition) is 8. The van der Waals surface area contributed by atoms with E-state index in [-0.39, 0.29) is 57.9 Å². The molecule has 74 heavy (non-hydrogen) atoms. The number of imidazole rings is 2. The third kappa shape index (κ3) is 9.87. The Hall–Kier alpha value is -8.88. The number of hydrogen-bond donors (Lipinski definition) is 2. The van der Waals surface area contributed by atoms with Gasteiger partial charge in [-0.15, -0.1) is 0 Å². The third-order valence-corrected chi connectivity index (χ3v) is 12.7. The Bertz CT molecular complexity index is 3360. The van der Waals surface area contributed by atoms with E-state index in [9.17, 15) is 56.8 Å². The molecule has 0 amide bonds. The van der Waals surface area contributed by atoms with E-state index in [1.54, 1.807) is 109 Å². The van der Waals surface area contributed by atoms with Crippen molar-refractivity contribution in [3.05, 3.63) is 237 Å². The normalized spacial score (nSPS) is 13.5. The quantitative estimate of drug-likeness (QED) is 0.0615. The minimum absolute atomic E-state index is 0.0720. The topological polar surface area (TPSA) is 172 Å². The van der Waals surface area contributed by atoms with Gasteiger partial charge in [0.15, 0.2) is 0 Å². The molecule has 20 heteroatoms. The Morgan fingerprint density at radius 1 is 0.473 bits per heavy atom. The summed E-state index contributed by atoms with van der Waals surface area (Å²) in [5.41, 5.74) is -4.75. The second-order valence-electron chi connectivity index (χ2n) is 17.4. The third-order valence-electron chi connectivity index (χ3n) is 12.7. The fraction of sp³-hybridized carbons (Fsp3) is 0.148. The number of nitro benzene ring substituents is 2. The molecule has 0 aliphatic rings. The smallest absolute Gasteiger partial charge is 0.375 e. The number of nitrogens with zero attached hydrogens (tertiary/aromatic N) is 8. The largest absolute Gasteiger partial charge is 0.423 e. The molecule has 0 saturated carbocycles. The first kappa shape index (κ1) is 50.1. The highest BCUT2D eigenvalue weighted by Gasteiger charge is 2.58. The lowest BCUT2D eigenvalue weighted by Crippen LogP contribution is -2.45. The molecule has 376 valence electrons. The van der Waals surface area contributed by atoms with Gasteiger partial charge in [-0.25, -0.2) is 9.97 Å². The van der Waals surface area contributed by atoms with Gasteiger partial charge in [0, 0.05) is 108 Å². The van der Waals surface area contributed by atoms with Crippen LogP contribution in [0.1, 0.15) is 22.3 Å². The molecular weight excluding hydrogens is 971 g/mol. The van der Waals surface area contributed by atoms with Crippen LogP contribution >= 0.6 is 0 Å². The molecule has 0 spiro atoms. The van der Waals surface area contributed by atoms with E-state index in [0.29, 0.717) is 11.1 Å². The molecule has 0 saturated heterocycles. The van der Waals surface area contributed by atoms with Crippen LogP contribution in [0.3, 0.4) is 0 Å². The van der Waals surface area contributed by atoms with Crippen LogP contribution in [0.5, 0.6) is 0 Å². The van der Waals surface area contributed by atoms with E-state index in [2.05, 4.69) is 9.97 Å². The van der Waals surface area contributed by atoms with Crippen molar-refractivity contribution in [2.45, 2.75) is 49.7 Å². The first-order chi connectivity index (χ1) is 35.3. The van der Waals surface area contributed by atoms with Gasteiger partial charge < -0.3 is 28.5 Å². The number of alkyl halides is 6. The van der Waals surface area contributed by atoms with Crippen molar-refractivity contribution in [3.8, 4) is 22.8 Å². The summed E-state index contributed by atoms with van der Waals surface area (Å²) in [7, 11) is 0. The van der Waals surface area contributed by atoms with Gasteiger partial charge in [-0.2, -0.15) is 26.3 Å². The molecule has 0 fully saturated rings. The maximum atomic E-state index is 14.7. The van der Waals surface area contributed by atoms with Gasteiger partial charge in [-0.05, 0) is 23.3 Å². The average Bonchev–Trinajstić information content (AvgIpc) is 4.22. The van der Waals surface area contributed by atoms with Gasteiger partial charge in [-0.3, -0.25) is 20.2 Å². The highest BCUT2D eigenvalue weighted by atomic mass is 19.4. The van der Waals surface area contributed by atoms with E-state index < -0.39 is 57.6 Å². The molecule has 6 aromatic carbocycles. The standard InChI is InChI=1S/2C27H21F3N4O3/c2*28-27(29,30)26(35,18-32-14-13-31-25(32)20-9-5-2-6-10-20)23-17-33(16-19-7-3-1-4-8-19)24-15-21(34(36)37)11-12-22(23)24/h2*1-15,17,35H,16,18H2. The molecular formula is C54H42F6N8O6. The maximum absolute atomic E-state index is 14.7. The minimum atomic E-state index is -5.07. The van der Waals surface area contributed by atoms with Crippen LogP contribution in [-0.2, 0) is 37.4 Å².